The topological polar surface area (TPSA) is 12.5 Å². The molecule has 0 aromatic heterocycles. The minimum Gasteiger partial charge on any atom is -0.490 e. The van der Waals surface area contributed by atoms with Crippen molar-refractivity contribution in [2.75, 3.05) is 13.1 Å². The van der Waals surface area contributed by atoms with Gasteiger partial charge < -0.3 is 4.74 Å². The summed E-state index contributed by atoms with van der Waals surface area (Å²) in [6, 6.07) is 10.1. The van der Waals surface area contributed by atoms with Gasteiger partial charge in [-0.05, 0) is 25.0 Å². The first kappa shape index (κ1) is 11.2. The molecule has 0 N–H and O–H groups in total. The van der Waals surface area contributed by atoms with Crippen molar-refractivity contribution in [3.63, 3.8) is 0 Å². The van der Waals surface area contributed by atoms with Crippen LogP contribution in [0.2, 0.25) is 0 Å². The van der Waals surface area contributed by atoms with Crippen LogP contribution >= 0.6 is 0 Å². The molecular formula is C14H18NO. The van der Waals surface area contributed by atoms with Crippen LogP contribution in [0.15, 0.2) is 43.0 Å². The lowest BCUT2D eigenvalue weighted by molar-refractivity contribution is 0.117. The van der Waals surface area contributed by atoms with Gasteiger partial charge in [-0.1, -0.05) is 24.3 Å². The predicted molar refractivity (Wildman–Crippen MR) is 66.2 cm³/mol. The molecule has 0 spiro atoms. The summed E-state index contributed by atoms with van der Waals surface area (Å²) in [5.74, 6) is 0.980. The molecule has 2 heteroatoms. The van der Waals surface area contributed by atoms with Gasteiger partial charge in [0.2, 0.25) is 0 Å². The molecule has 0 aliphatic carbocycles. The van der Waals surface area contributed by atoms with Crippen molar-refractivity contribution >= 4 is 0 Å². The van der Waals surface area contributed by atoms with E-state index < -0.39 is 0 Å². The van der Waals surface area contributed by atoms with Crippen molar-refractivity contribution in [1.82, 2.24) is 4.90 Å². The van der Waals surface area contributed by atoms with Crippen LogP contribution in [0.3, 0.4) is 0 Å². The third-order valence-corrected chi connectivity index (χ3v) is 2.84. The van der Waals surface area contributed by atoms with E-state index in [9.17, 15) is 0 Å². The van der Waals surface area contributed by atoms with Crippen molar-refractivity contribution < 1.29 is 4.74 Å². The number of hydrogen-bond acceptors (Lipinski definition) is 2. The Labute approximate surface area is 97.5 Å². The molecule has 0 saturated carbocycles. The summed E-state index contributed by atoms with van der Waals surface area (Å²) >= 11 is 0. The van der Waals surface area contributed by atoms with Crippen molar-refractivity contribution in [3.8, 4) is 5.75 Å². The van der Waals surface area contributed by atoms with Gasteiger partial charge in [-0.15, -0.1) is 6.58 Å². The molecular weight excluding hydrogens is 198 g/mol. The van der Waals surface area contributed by atoms with Gasteiger partial charge >= 0.3 is 0 Å². The first-order valence-electron chi connectivity index (χ1n) is 5.80. The van der Waals surface area contributed by atoms with Crippen LogP contribution in [-0.2, 0) is 0 Å². The fourth-order valence-electron chi connectivity index (χ4n) is 1.98. The van der Waals surface area contributed by atoms with E-state index in [1.807, 2.05) is 36.4 Å². The maximum atomic E-state index is 5.92. The molecule has 1 aliphatic heterocycles. The lowest BCUT2D eigenvalue weighted by Gasteiger charge is -2.31. The predicted octanol–water partition coefficient (Wildman–Crippen LogP) is 2.88. The average molecular weight is 216 g/mol. The molecule has 1 heterocycles. The minimum absolute atomic E-state index is 0.358. The third kappa shape index (κ3) is 3.11. The van der Waals surface area contributed by atoms with E-state index in [4.69, 9.17) is 4.74 Å². The van der Waals surface area contributed by atoms with E-state index in [1.54, 1.807) is 0 Å². The lowest BCUT2D eigenvalue weighted by atomic mass is 10.1. The maximum absolute atomic E-state index is 5.92. The molecule has 2 nitrogen and oxygen atoms in total. The normalized spacial score (nSPS) is 18.2. The second-order valence-corrected chi connectivity index (χ2v) is 4.05. The second-order valence-electron chi connectivity index (χ2n) is 4.05. The van der Waals surface area contributed by atoms with Crippen LogP contribution < -0.4 is 4.74 Å². The first-order chi connectivity index (χ1) is 7.88. The van der Waals surface area contributed by atoms with Crippen molar-refractivity contribution in [3.05, 3.63) is 49.5 Å². The molecule has 1 fully saturated rings. The van der Waals surface area contributed by atoms with Crippen molar-refractivity contribution in [2.24, 2.45) is 0 Å². The monoisotopic (exact) mass is 216 g/mol. The molecule has 0 unspecified atom stereocenters. The first-order valence-corrected chi connectivity index (χ1v) is 5.80. The van der Waals surface area contributed by atoms with Gasteiger partial charge in [0.25, 0.3) is 0 Å². The minimum atomic E-state index is 0.358. The zero-order chi connectivity index (χ0) is 11.2. The quantitative estimate of drug-likeness (QED) is 0.767. The van der Waals surface area contributed by atoms with Gasteiger partial charge in [0, 0.05) is 19.6 Å². The number of ether oxygens (including phenoxy) is 1. The SMILES string of the molecule is C=C[CH]N1CCC(Oc2ccccc2)CC1. The largest absolute Gasteiger partial charge is 0.490 e. The van der Waals surface area contributed by atoms with Crippen molar-refractivity contribution in [1.29, 1.82) is 0 Å². The molecule has 85 valence electrons. The summed E-state index contributed by atoms with van der Waals surface area (Å²) in [6.07, 6.45) is 4.37. The van der Waals surface area contributed by atoms with E-state index in [0.29, 0.717) is 6.10 Å². The Balaban J connectivity index is 1.79. The van der Waals surface area contributed by atoms with E-state index >= 15 is 0 Å². The Morgan fingerprint density at radius 2 is 1.88 bits per heavy atom. The number of likely N-dealkylation sites (tertiary alicyclic amines) is 1. The highest BCUT2D eigenvalue weighted by Gasteiger charge is 2.19. The molecule has 0 bridgehead atoms. The van der Waals surface area contributed by atoms with Gasteiger partial charge in [-0.2, -0.15) is 0 Å². The summed E-state index contributed by atoms with van der Waals surface area (Å²) in [5.41, 5.74) is 0. The van der Waals surface area contributed by atoms with Gasteiger partial charge in [0.05, 0.1) is 0 Å². The van der Waals surface area contributed by atoms with Crippen LogP contribution in [0.5, 0.6) is 5.75 Å². The fourth-order valence-corrected chi connectivity index (χ4v) is 1.98. The van der Waals surface area contributed by atoms with Crippen LogP contribution in [0, 0.1) is 6.54 Å². The highest BCUT2D eigenvalue weighted by atomic mass is 16.5. The van der Waals surface area contributed by atoms with Crippen LogP contribution in [0.25, 0.3) is 0 Å². The average Bonchev–Trinajstić information content (AvgIpc) is 2.33. The molecule has 2 rings (SSSR count). The molecule has 0 atom stereocenters. The van der Waals surface area contributed by atoms with Gasteiger partial charge in [0.15, 0.2) is 0 Å². The third-order valence-electron chi connectivity index (χ3n) is 2.84. The number of nitrogens with zero attached hydrogens (tertiary/aromatic N) is 1. The van der Waals surface area contributed by atoms with E-state index in [2.05, 4.69) is 18.0 Å². The standard InChI is InChI=1S/C14H18NO/c1-2-10-15-11-8-14(9-12-15)16-13-6-4-3-5-7-13/h2-7,10,14H,1,8-9,11-12H2. The molecule has 0 amide bonds. The Bertz CT molecular complexity index is 315. The van der Waals surface area contributed by atoms with Gasteiger partial charge in [-0.3, -0.25) is 4.90 Å². The molecule has 1 radical (unpaired) electrons. The Morgan fingerprint density at radius 3 is 2.50 bits per heavy atom. The number of benzene rings is 1. The number of piperidine rings is 1. The second kappa shape index (κ2) is 5.71. The molecule has 1 aliphatic rings. The van der Waals surface area contributed by atoms with Crippen molar-refractivity contribution in [2.45, 2.75) is 18.9 Å². The van der Waals surface area contributed by atoms with Crippen LogP contribution in [0.4, 0.5) is 0 Å². The lowest BCUT2D eigenvalue weighted by Crippen LogP contribution is -2.36. The highest BCUT2D eigenvalue weighted by molar-refractivity contribution is 5.21. The number of para-hydroxylation sites is 1. The Morgan fingerprint density at radius 1 is 1.19 bits per heavy atom. The number of rotatable bonds is 4. The van der Waals surface area contributed by atoms with E-state index in [-0.39, 0.29) is 0 Å². The molecule has 1 aromatic rings. The molecule has 1 saturated heterocycles. The fraction of sp³-hybridized carbons (Fsp3) is 0.357. The van der Waals surface area contributed by atoms with E-state index in [0.717, 1.165) is 31.7 Å². The van der Waals surface area contributed by atoms with Crippen LogP contribution in [-0.4, -0.2) is 24.1 Å². The van der Waals surface area contributed by atoms with Crippen LogP contribution in [0.1, 0.15) is 12.8 Å². The molecule has 1 aromatic carbocycles. The van der Waals surface area contributed by atoms with Gasteiger partial charge in [-0.25, -0.2) is 0 Å². The summed E-state index contributed by atoms with van der Waals surface area (Å²) in [7, 11) is 0. The zero-order valence-electron chi connectivity index (χ0n) is 9.51. The highest BCUT2D eigenvalue weighted by Crippen LogP contribution is 2.18. The summed E-state index contributed by atoms with van der Waals surface area (Å²) in [4.78, 5) is 2.29. The zero-order valence-corrected chi connectivity index (χ0v) is 9.51. The van der Waals surface area contributed by atoms with Gasteiger partial charge in [0.1, 0.15) is 11.9 Å². The Hall–Kier alpha value is -1.28. The summed E-state index contributed by atoms with van der Waals surface area (Å²) in [5, 5.41) is 0. The Kier molecular flexibility index (Phi) is 4.00. The maximum Gasteiger partial charge on any atom is 0.119 e. The summed E-state index contributed by atoms with van der Waals surface area (Å²) in [6.45, 7) is 7.89. The summed E-state index contributed by atoms with van der Waals surface area (Å²) < 4.78 is 5.92. The molecule has 16 heavy (non-hydrogen) atoms. The smallest absolute Gasteiger partial charge is 0.119 e. The van der Waals surface area contributed by atoms with E-state index in [1.165, 1.54) is 0 Å². The number of hydrogen-bond donors (Lipinski definition) is 0.